The Morgan fingerprint density at radius 1 is 0.690 bits per heavy atom. The molecular formula is C46H60N4O8. The van der Waals surface area contributed by atoms with E-state index < -0.39 is 24.1 Å². The highest BCUT2D eigenvalue weighted by molar-refractivity contribution is 5.77. The van der Waals surface area contributed by atoms with Gasteiger partial charge in [-0.2, -0.15) is 0 Å². The van der Waals surface area contributed by atoms with Crippen molar-refractivity contribution < 1.29 is 39.6 Å². The van der Waals surface area contributed by atoms with Crippen molar-refractivity contribution in [3.05, 3.63) is 96.1 Å². The van der Waals surface area contributed by atoms with Crippen LogP contribution in [0.25, 0.3) is 0 Å². The third-order valence-electron chi connectivity index (χ3n) is 9.73. The maximum atomic E-state index is 12.9. The number of rotatable bonds is 17. The molecule has 0 radical (unpaired) electrons. The number of aliphatic hydroxyl groups is 2. The lowest BCUT2D eigenvalue weighted by Crippen LogP contribution is -2.55. The Kier molecular flexibility index (Phi) is 20.7. The van der Waals surface area contributed by atoms with Crippen molar-refractivity contribution in [2.75, 3.05) is 33.2 Å². The molecule has 2 unspecified atom stereocenters. The largest absolute Gasteiger partial charge is 0.481 e. The Morgan fingerprint density at radius 2 is 1.12 bits per heavy atom. The molecule has 2 fully saturated rings. The summed E-state index contributed by atoms with van der Waals surface area (Å²) in [6.45, 7) is 5.90. The second-order valence-corrected chi connectivity index (χ2v) is 14.7. The lowest BCUT2D eigenvalue weighted by molar-refractivity contribution is -0.138. The van der Waals surface area contributed by atoms with E-state index in [9.17, 15) is 29.4 Å². The molecule has 12 nitrogen and oxygen atoms in total. The monoisotopic (exact) mass is 796 g/mol. The molecule has 2 aromatic rings. The number of aliphatic carboxylic acids is 2. The molecule has 58 heavy (non-hydrogen) atoms. The number of hydrogen-bond donors (Lipinski definition) is 4. The molecule has 4 rings (SSSR count). The molecule has 0 spiro atoms. The zero-order chi connectivity index (χ0) is 42.3. The van der Waals surface area contributed by atoms with Crippen LogP contribution in [0.3, 0.4) is 0 Å². The average molecular weight is 797 g/mol. The fraction of sp³-hybridized carbons (Fsp3) is 0.478. The number of carbonyl (C=O) groups excluding carboxylic acids is 2. The van der Waals surface area contributed by atoms with Crippen molar-refractivity contribution in [2.45, 2.75) is 108 Å². The van der Waals surface area contributed by atoms with Crippen LogP contribution in [0.2, 0.25) is 0 Å². The highest BCUT2D eigenvalue weighted by Gasteiger charge is 2.33. The molecule has 0 bridgehead atoms. The number of hydrogen-bond acceptors (Lipinski definition) is 6. The topological polar surface area (TPSA) is 162 Å². The van der Waals surface area contributed by atoms with Gasteiger partial charge in [-0.25, -0.2) is 9.59 Å². The zero-order valence-electron chi connectivity index (χ0n) is 34.1. The molecule has 2 aromatic carbocycles. The van der Waals surface area contributed by atoms with Crippen LogP contribution in [0.15, 0.2) is 85.0 Å². The number of urea groups is 2. The molecule has 2 saturated heterocycles. The summed E-state index contributed by atoms with van der Waals surface area (Å²) >= 11 is 0. The van der Waals surface area contributed by atoms with E-state index in [4.69, 9.17) is 10.2 Å². The normalized spacial score (nSPS) is 18.0. The van der Waals surface area contributed by atoms with Gasteiger partial charge in [-0.15, -0.1) is 11.8 Å². The van der Waals surface area contributed by atoms with Crippen LogP contribution in [0.5, 0.6) is 0 Å². The molecule has 4 N–H and O–H groups in total. The van der Waals surface area contributed by atoms with Gasteiger partial charge in [0.05, 0.1) is 37.4 Å². The second-order valence-electron chi connectivity index (χ2n) is 14.7. The van der Waals surface area contributed by atoms with Crippen molar-refractivity contribution in [1.82, 2.24) is 19.6 Å². The molecular weight excluding hydrogens is 737 g/mol. The molecule has 2 heterocycles. The molecule has 0 aromatic heterocycles. The first-order chi connectivity index (χ1) is 27.8. The average Bonchev–Trinajstić information content (AvgIpc) is 3.19. The van der Waals surface area contributed by atoms with Crippen LogP contribution >= 0.6 is 0 Å². The third kappa shape index (κ3) is 17.3. The maximum Gasteiger partial charge on any atom is 0.321 e. The highest BCUT2D eigenvalue weighted by Crippen LogP contribution is 2.20. The summed E-state index contributed by atoms with van der Waals surface area (Å²) in [5, 5.41) is 38.0. The van der Waals surface area contributed by atoms with Crippen LogP contribution in [-0.2, 0) is 22.4 Å². The molecule has 312 valence electrons. The first-order valence-electron chi connectivity index (χ1n) is 20.1. The lowest BCUT2D eigenvalue weighted by atomic mass is 10.0. The van der Waals surface area contributed by atoms with Crippen molar-refractivity contribution in [1.29, 1.82) is 0 Å². The van der Waals surface area contributed by atoms with Crippen LogP contribution in [0.4, 0.5) is 9.59 Å². The van der Waals surface area contributed by atoms with Gasteiger partial charge in [-0.3, -0.25) is 9.59 Å². The van der Waals surface area contributed by atoms with E-state index in [0.29, 0.717) is 64.7 Å². The molecule has 2 aliphatic rings. The summed E-state index contributed by atoms with van der Waals surface area (Å²) in [6.07, 6.45) is 10.9. The van der Waals surface area contributed by atoms with Gasteiger partial charge in [0.15, 0.2) is 0 Å². The Morgan fingerprint density at radius 3 is 1.55 bits per heavy atom. The van der Waals surface area contributed by atoms with Crippen molar-refractivity contribution in [3.63, 3.8) is 0 Å². The standard InChI is InChI=1S/C24H32N2O4.C22H28N2O4/c1-19(2)25-17-15-21(13-14-22(27)18-20-10-6-5-7-11-20)26(24(25)30)16-9-4-3-8-12-23(28)29;1-23-16-14-19(12-13-20(25)17-18-9-5-4-6-10-18)24(22(23)28)15-8-3-2-7-11-21(26)27/h5-7,10-11,13-14,19,21-22,27H,3,8,12,15-18H2,1-2H3,(H,28,29);4-6,9-10,12-13,19-20,25H,2,7,11,14-17H2,1H3,(H,26,27)/b14-13+;13-12+/t21-,22?;19-,20?/m00/s1. The van der Waals surface area contributed by atoms with Crippen molar-refractivity contribution in [2.24, 2.45) is 0 Å². The van der Waals surface area contributed by atoms with E-state index in [2.05, 4.69) is 23.7 Å². The van der Waals surface area contributed by atoms with Gasteiger partial charge >= 0.3 is 24.0 Å². The Bertz CT molecular complexity index is 1780. The number of carboxylic acids is 2. The number of carbonyl (C=O) groups is 4. The van der Waals surface area contributed by atoms with E-state index in [1.807, 2.05) is 91.6 Å². The summed E-state index contributed by atoms with van der Waals surface area (Å²) in [5.41, 5.74) is 2.12. The Balaban J connectivity index is 0.000000311. The van der Waals surface area contributed by atoms with Gasteiger partial charge in [-0.05, 0) is 50.7 Å². The third-order valence-corrected chi connectivity index (χ3v) is 9.73. The molecule has 4 amide bonds. The lowest BCUT2D eigenvalue weighted by Gasteiger charge is -2.41. The Labute approximate surface area is 343 Å². The minimum atomic E-state index is -0.825. The summed E-state index contributed by atoms with van der Waals surface area (Å²) in [6, 6.07) is 19.3. The van der Waals surface area contributed by atoms with Gasteiger partial charge < -0.3 is 40.0 Å². The van der Waals surface area contributed by atoms with Crippen LogP contribution in [0, 0.1) is 23.7 Å². The van der Waals surface area contributed by atoms with E-state index in [1.54, 1.807) is 33.9 Å². The number of benzene rings is 2. The van der Waals surface area contributed by atoms with Crippen LogP contribution < -0.4 is 0 Å². The van der Waals surface area contributed by atoms with Crippen molar-refractivity contribution in [3.8, 4) is 23.7 Å². The Hall–Kier alpha value is -5.56. The SMILES string of the molecule is CC(C)N1CC[C@H](/C=C/C(O)Cc2ccccc2)N(CC#CCCCC(=O)O)C1=O.CN1CC[C@H](/C=C/C(O)Cc2ccccc2)N(CC#CCCCC(=O)O)C1=O. The number of nitrogens with zero attached hydrogens (tertiary/aromatic N) is 4. The minimum Gasteiger partial charge on any atom is -0.481 e. The highest BCUT2D eigenvalue weighted by atomic mass is 16.4. The van der Waals surface area contributed by atoms with E-state index >= 15 is 0 Å². The van der Waals surface area contributed by atoms with Gasteiger partial charge in [-0.1, -0.05) is 96.8 Å². The van der Waals surface area contributed by atoms with Crippen molar-refractivity contribution >= 4 is 24.0 Å². The van der Waals surface area contributed by atoms with Gasteiger partial charge in [0, 0.05) is 64.7 Å². The molecule has 0 aliphatic carbocycles. The second kappa shape index (κ2) is 25.6. The fourth-order valence-corrected chi connectivity index (χ4v) is 6.49. The number of unbranched alkanes of at least 4 members (excludes halogenated alkanes) is 2. The number of carboxylic acid groups (broad SMARTS) is 2. The van der Waals surface area contributed by atoms with E-state index in [0.717, 1.165) is 24.0 Å². The summed E-state index contributed by atoms with van der Waals surface area (Å²) < 4.78 is 0. The zero-order valence-corrected chi connectivity index (χ0v) is 34.1. The summed E-state index contributed by atoms with van der Waals surface area (Å²) in [7, 11) is 1.76. The molecule has 12 heteroatoms. The molecule has 2 aliphatic heterocycles. The number of aliphatic hydroxyl groups excluding tert-OH is 2. The summed E-state index contributed by atoms with van der Waals surface area (Å²) in [4.78, 5) is 53.4. The quantitative estimate of drug-likeness (QED) is 0.0883. The minimum absolute atomic E-state index is 0.0525. The van der Waals surface area contributed by atoms with Gasteiger partial charge in [0.1, 0.15) is 0 Å². The smallest absolute Gasteiger partial charge is 0.321 e. The van der Waals surface area contributed by atoms with Gasteiger partial charge in [0.25, 0.3) is 0 Å². The van der Waals surface area contributed by atoms with Crippen LogP contribution in [-0.4, -0.2) is 128 Å². The van der Waals surface area contributed by atoms with E-state index in [1.165, 1.54) is 0 Å². The maximum absolute atomic E-state index is 12.9. The molecule has 0 saturated carbocycles. The number of amides is 4. The fourth-order valence-electron chi connectivity index (χ4n) is 6.49. The summed E-state index contributed by atoms with van der Waals surface area (Å²) in [5.74, 6) is 10.3. The first-order valence-corrected chi connectivity index (χ1v) is 20.1. The van der Waals surface area contributed by atoms with E-state index in [-0.39, 0.29) is 43.0 Å². The molecule has 4 atom stereocenters. The van der Waals surface area contributed by atoms with Crippen LogP contribution in [0.1, 0.15) is 76.3 Å². The predicted molar refractivity (Wildman–Crippen MR) is 225 cm³/mol. The predicted octanol–water partition coefficient (Wildman–Crippen LogP) is 5.84. The van der Waals surface area contributed by atoms with Gasteiger partial charge in [0.2, 0.25) is 0 Å². The first kappa shape index (κ1) is 46.8.